The van der Waals surface area contributed by atoms with Gasteiger partial charge in [0.15, 0.2) is 5.58 Å². The average Bonchev–Trinajstić information content (AvgIpc) is 3.33. The van der Waals surface area contributed by atoms with Crippen LogP contribution in [0, 0.1) is 0 Å². The van der Waals surface area contributed by atoms with Gasteiger partial charge in [0.25, 0.3) is 0 Å². The molecule has 3 heterocycles. The third-order valence-corrected chi connectivity index (χ3v) is 7.16. The summed E-state index contributed by atoms with van der Waals surface area (Å²) in [5.41, 5.74) is 4.21. The second-order valence-corrected chi connectivity index (χ2v) is 9.34. The van der Waals surface area contributed by atoms with Crippen molar-refractivity contribution in [2.24, 2.45) is 7.05 Å². The van der Waals surface area contributed by atoms with Crippen molar-refractivity contribution < 1.29 is 12.9 Å². The molecule has 0 spiro atoms. The van der Waals surface area contributed by atoms with E-state index in [4.69, 9.17) is 4.52 Å². The number of para-hydroxylation sites is 1. The molecule has 4 aromatic rings. The van der Waals surface area contributed by atoms with Crippen molar-refractivity contribution in [3.8, 4) is 0 Å². The number of hydrogen-bond acceptors (Lipinski definition) is 5. The van der Waals surface area contributed by atoms with Crippen molar-refractivity contribution in [2.45, 2.75) is 18.2 Å². The number of hydrogen-bond donors (Lipinski definition) is 0. The Morgan fingerprint density at radius 1 is 1.14 bits per heavy atom. The molecule has 0 saturated heterocycles. The second kappa shape index (κ2) is 6.82. The summed E-state index contributed by atoms with van der Waals surface area (Å²) < 4.78 is 35.2. The molecule has 2 aromatic heterocycles. The Hall–Kier alpha value is -2.97. The van der Waals surface area contributed by atoms with Crippen molar-refractivity contribution in [1.29, 1.82) is 0 Å². The molecule has 29 heavy (non-hydrogen) atoms. The molecular formula is C21H20N4O3S. The fourth-order valence-corrected chi connectivity index (χ4v) is 5.45. The van der Waals surface area contributed by atoms with Crippen LogP contribution in [0.25, 0.3) is 11.0 Å². The van der Waals surface area contributed by atoms with Gasteiger partial charge in [0, 0.05) is 37.6 Å². The lowest BCUT2D eigenvalue weighted by Gasteiger charge is -2.33. The summed E-state index contributed by atoms with van der Waals surface area (Å²) in [6, 6.07) is 15.3. The van der Waals surface area contributed by atoms with E-state index in [1.165, 1.54) is 0 Å². The molecule has 0 amide bonds. The Morgan fingerprint density at radius 2 is 1.93 bits per heavy atom. The third-order valence-electron chi connectivity index (χ3n) is 5.46. The van der Waals surface area contributed by atoms with Crippen LogP contribution in [-0.2, 0) is 29.4 Å². The molecule has 5 rings (SSSR count). The first-order valence-corrected chi connectivity index (χ1v) is 11.0. The molecule has 0 saturated carbocycles. The van der Waals surface area contributed by atoms with Crippen molar-refractivity contribution in [3.63, 3.8) is 0 Å². The van der Waals surface area contributed by atoms with Crippen LogP contribution in [0.1, 0.15) is 28.3 Å². The summed E-state index contributed by atoms with van der Waals surface area (Å²) in [6.07, 6.45) is 3.76. The maximum atomic E-state index is 13.3. The van der Waals surface area contributed by atoms with Crippen molar-refractivity contribution in [2.75, 3.05) is 6.54 Å². The molecular weight excluding hydrogens is 388 g/mol. The number of aryl methyl sites for hydroxylation is 1. The number of nitrogens with zero attached hydrogens (tertiary/aromatic N) is 4. The minimum atomic E-state index is -3.59. The molecule has 1 aliphatic heterocycles. The minimum Gasteiger partial charge on any atom is -0.356 e. The number of sulfonamides is 1. The number of benzene rings is 2. The van der Waals surface area contributed by atoms with Crippen LogP contribution in [0.15, 0.2) is 65.4 Å². The predicted molar refractivity (Wildman–Crippen MR) is 109 cm³/mol. The van der Waals surface area contributed by atoms with Crippen LogP contribution < -0.4 is 0 Å². The molecule has 0 fully saturated rings. The monoisotopic (exact) mass is 408 g/mol. The quantitative estimate of drug-likeness (QED) is 0.518. The van der Waals surface area contributed by atoms with E-state index in [2.05, 4.69) is 16.3 Å². The Morgan fingerprint density at radius 3 is 2.76 bits per heavy atom. The van der Waals surface area contributed by atoms with Crippen LogP contribution in [0.4, 0.5) is 0 Å². The average molecular weight is 408 g/mol. The van der Waals surface area contributed by atoms with Gasteiger partial charge in [-0.25, -0.2) is 8.42 Å². The highest BCUT2D eigenvalue weighted by atomic mass is 32.2. The predicted octanol–water partition coefficient (Wildman–Crippen LogP) is 3.04. The Labute approximate surface area is 168 Å². The van der Waals surface area contributed by atoms with Crippen molar-refractivity contribution in [1.82, 2.24) is 19.2 Å². The Balaban J connectivity index is 1.50. The normalized spacial score (nSPS) is 17.5. The van der Waals surface area contributed by atoms with Crippen LogP contribution in [0.3, 0.4) is 0 Å². The highest BCUT2D eigenvalue weighted by Gasteiger charge is 2.34. The molecule has 148 valence electrons. The van der Waals surface area contributed by atoms with Gasteiger partial charge >= 0.3 is 0 Å². The second-order valence-electron chi connectivity index (χ2n) is 7.37. The summed E-state index contributed by atoms with van der Waals surface area (Å²) >= 11 is 0. The van der Waals surface area contributed by atoms with Crippen LogP contribution in [0.5, 0.6) is 0 Å². The molecule has 7 nitrogen and oxygen atoms in total. The van der Waals surface area contributed by atoms with Crippen molar-refractivity contribution >= 4 is 21.0 Å². The SMILES string of the molecule is Cn1cc(C2CN(S(=O)(=O)Cc3noc4ccccc34)Cc3ccccc32)cn1. The van der Waals surface area contributed by atoms with Gasteiger partial charge in [0.2, 0.25) is 10.0 Å². The van der Waals surface area contributed by atoms with Gasteiger partial charge in [-0.15, -0.1) is 0 Å². The summed E-state index contributed by atoms with van der Waals surface area (Å²) in [5, 5.41) is 9.01. The van der Waals surface area contributed by atoms with Gasteiger partial charge in [0.05, 0.1) is 6.20 Å². The van der Waals surface area contributed by atoms with E-state index in [1.807, 2.05) is 55.8 Å². The largest absolute Gasteiger partial charge is 0.356 e. The minimum absolute atomic E-state index is 0.0579. The summed E-state index contributed by atoms with van der Waals surface area (Å²) in [7, 11) is -1.73. The molecule has 1 atom stereocenters. The molecule has 0 N–H and O–H groups in total. The maximum absolute atomic E-state index is 13.3. The maximum Gasteiger partial charge on any atom is 0.220 e. The van der Waals surface area contributed by atoms with E-state index in [1.54, 1.807) is 15.1 Å². The summed E-state index contributed by atoms with van der Waals surface area (Å²) in [6.45, 7) is 0.728. The topological polar surface area (TPSA) is 81.2 Å². The first kappa shape index (κ1) is 18.1. The highest BCUT2D eigenvalue weighted by molar-refractivity contribution is 7.88. The van der Waals surface area contributed by atoms with Crippen molar-refractivity contribution in [3.05, 3.63) is 83.3 Å². The van der Waals surface area contributed by atoms with E-state index in [0.29, 0.717) is 24.4 Å². The van der Waals surface area contributed by atoms with Gasteiger partial charge in [-0.05, 0) is 28.8 Å². The summed E-state index contributed by atoms with van der Waals surface area (Å²) in [4.78, 5) is 0. The van der Waals surface area contributed by atoms with E-state index in [9.17, 15) is 8.42 Å². The highest BCUT2D eigenvalue weighted by Crippen LogP contribution is 2.35. The van der Waals surface area contributed by atoms with Crippen LogP contribution in [-0.4, -0.2) is 34.2 Å². The lowest BCUT2D eigenvalue weighted by molar-refractivity contribution is 0.370. The van der Waals surface area contributed by atoms with Crippen LogP contribution in [0.2, 0.25) is 0 Å². The van der Waals surface area contributed by atoms with E-state index in [-0.39, 0.29) is 11.7 Å². The Kier molecular flexibility index (Phi) is 4.25. The van der Waals surface area contributed by atoms with Gasteiger partial charge in [-0.2, -0.15) is 9.40 Å². The molecule has 1 unspecified atom stereocenters. The standard InChI is InChI=1S/C21H20N4O3S/c1-24-11-16(10-22-24)19-13-25(12-15-6-2-3-7-17(15)19)29(26,27)14-20-18-8-4-5-9-21(18)28-23-20/h2-11,19H,12-14H2,1H3. The van der Waals surface area contributed by atoms with Crippen LogP contribution >= 0.6 is 0 Å². The number of rotatable bonds is 4. The number of aromatic nitrogens is 3. The molecule has 1 aliphatic rings. The van der Waals surface area contributed by atoms with E-state index < -0.39 is 10.0 Å². The van der Waals surface area contributed by atoms with E-state index in [0.717, 1.165) is 22.1 Å². The zero-order chi connectivity index (χ0) is 20.0. The molecule has 0 bridgehead atoms. The first-order valence-electron chi connectivity index (χ1n) is 9.39. The molecule has 0 aliphatic carbocycles. The smallest absolute Gasteiger partial charge is 0.220 e. The molecule has 8 heteroatoms. The van der Waals surface area contributed by atoms with Gasteiger partial charge in [-0.3, -0.25) is 4.68 Å². The molecule has 2 aromatic carbocycles. The zero-order valence-corrected chi connectivity index (χ0v) is 16.7. The van der Waals surface area contributed by atoms with E-state index >= 15 is 0 Å². The Bertz CT molecular complexity index is 1290. The lowest BCUT2D eigenvalue weighted by Crippen LogP contribution is -2.39. The number of fused-ring (bicyclic) bond motifs is 2. The summed E-state index contributed by atoms with van der Waals surface area (Å²) in [5.74, 6) is -0.246. The molecule has 0 radical (unpaired) electrons. The zero-order valence-electron chi connectivity index (χ0n) is 15.9. The fourth-order valence-electron chi connectivity index (χ4n) is 4.00. The van der Waals surface area contributed by atoms with Gasteiger partial charge < -0.3 is 4.52 Å². The first-order chi connectivity index (χ1) is 14.0. The fraction of sp³-hybridized carbons (Fsp3) is 0.238. The van der Waals surface area contributed by atoms with Gasteiger partial charge in [0.1, 0.15) is 11.4 Å². The van der Waals surface area contributed by atoms with Gasteiger partial charge in [-0.1, -0.05) is 41.6 Å². The third kappa shape index (κ3) is 3.24. The lowest BCUT2D eigenvalue weighted by atomic mass is 9.87.